The fourth-order valence-electron chi connectivity index (χ4n) is 3.40. The molecule has 0 aliphatic rings. The fraction of sp³-hybridized carbons (Fsp3) is 0.136. The molecule has 0 saturated heterocycles. The Labute approximate surface area is 178 Å². The summed E-state index contributed by atoms with van der Waals surface area (Å²) < 4.78 is 39.6. The van der Waals surface area contributed by atoms with Crippen molar-refractivity contribution in [1.29, 1.82) is 0 Å². The third kappa shape index (κ3) is 4.07. The van der Waals surface area contributed by atoms with E-state index in [1.807, 2.05) is 35.4 Å². The Bertz CT molecular complexity index is 1430. The third-order valence-electron chi connectivity index (χ3n) is 4.96. The molecule has 164 valence electrons. The number of hydrogen-bond acceptors (Lipinski definition) is 4. The van der Waals surface area contributed by atoms with Gasteiger partial charge in [-0.3, -0.25) is 14.8 Å². The summed E-state index contributed by atoms with van der Waals surface area (Å²) in [6.07, 6.45) is -1.12. The van der Waals surface area contributed by atoms with Crippen molar-refractivity contribution in [2.45, 2.75) is 12.6 Å². The number of rotatable bonds is 5. The van der Waals surface area contributed by atoms with E-state index in [0.717, 1.165) is 34.8 Å². The molecule has 0 fully saturated rings. The van der Waals surface area contributed by atoms with Crippen molar-refractivity contribution < 1.29 is 18.3 Å². The quantitative estimate of drug-likeness (QED) is 0.413. The standard InChI is InChI=1S/C22H17F3N4O3/c23-22(24,25)14-4-3-5-15(10-14)29-20(31)17(19(30)28-21(29)32)12-26-9-8-13-11-27-18-7-2-1-6-16(13)18/h1-7,10-12,27,31H,8-9H2,(H,28,30,32). The molecule has 4 rings (SSSR count). The monoisotopic (exact) mass is 442 g/mol. The van der Waals surface area contributed by atoms with Crippen molar-refractivity contribution in [3.63, 3.8) is 0 Å². The normalized spacial score (nSPS) is 12.1. The Hall–Kier alpha value is -4.08. The van der Waals surface area contributed by atoms with Gasteiger partial charge in [-0.1, -0.05) is 24.3 Å². The Morgan fingerprint density at radius 1 is 1.09 bits per heavy atom. The van der Waals surface area contributed by atoms with E-state index in [1.165, 1.54) is 6.07 Å². The maximum atomic E-state index is 13.0. The van der Waals surface area contributed by atoms with Crippen LogP contribution in [0, 0.1) is 0 Å². The van der Waals surface area contributed by atoms with Crippen molar-refractivity contribution >= 4 is 17.1 Å². The summed E-state index contributed by atoms with van der Waals surface area (Å²) in [6.45, 7) is 0.281. The maximum Gasteiger partial charge on any atom is 0.416 e. The molecular formula is C22H17F3N4O3. The molecular weight excluding hydrogens is 425 g/mol. The number of H-pyrrole nitrogens is 2. The summed E-state index contributed by atoms with van der Waals surface area (Å²) in [6, 6.07) is 11.6. The van der Waals surface area contributed by atoms with Crippen LogP contribution in [0.1, 0.15) is 16.7 Å². The van der Waals surface area contributed by atoms with Gasteiger partial charge in [-0.15, -0.1) is 0 Å². The molecule has 3 N–H and O–H groups in total. The van der Waals surface area contributed by atoms with Crippen LogP contribution in [0.3, 0.4) is 0 Å². The second-order valence-corrected chi connectivity index (χ2v) is 7.02. The van der Waals surface area contributed by atoms with Crippen LogP contribution in [-0.2, 0) is 12.6 Å². The summed E-state index contributed by atoms with van der Waals surface area (Å²) >= 11 is 0. The lowest BCUT2D eigenvalue weighted by Gasteiger charge is -2.12. The van der Waals surface area contributed by atoms with E-state index >= 15 is 0 Å². The first-order valence-electron chi connectivity index (χ1n) is 9.56. The van der Waals surface area contributed by atoms with Crippen LogP contribution >= 0.6 is 0 Å². The van der Waals surface area contributed by atoms with Crippen LogP contribution in [0.5, 0.6) is 5.88 Å². The topological polar surface area (TPSA) is 103 Å². The molecule has 2 aromatic carbocycles. The van der Waals surface area contributed by atoms with Gasteiger partial charge in [0.25, 0.3) is 5.56 Å². The lowest BCUT2D eigenvalue weighted by molar-refractivity contribution is -0.137. The first-order chi connectivity index (χ1) is 15.3. The predicted octanol–water partition coefficient (Wildman–Crippen LogP) is 3.39. The van der Waals surface area contributed by atoms with Crippen LogP contribution < -0.4 is 11.2 Å². The summed E-state index contributed by atoms with van der Waals surface area (Å²) in [5, 5.41) is 11.5. The number of aromatic nitrogens is 3. The average Bonchev–Trinajstić information content (AvgIpc) is 3.15. The van der Waals surface area contributed by atoms with E-state index in [4.69, 9.17) is 0 Å². The number of fused-ring (bicyclic) bond motifs is 1. The highest BCUT2D eigenvalue weighted by Gasteiger charge is 2.31. The highest BCUT2D eigenvalue weighted by Crippen LogP contribution is 2.30. The van der Waals surface area contributed by atoms with Gasteiger partial charge < -0.3 is 10.1 Å². The molecule has 0 radical (unpaired) electrons. The van der Waals surface area contributed by atoms with E-state index in [9.17, 15) is 27.9 Å². The lowest BCUT2D eigenvalue weighted by Crippen LogP contribution is -2.31. The van der Waals surface area contributed by atoms with Crippen LogP contribution in [-0.4, -0.2) is 32.4 Å². The zero-order valence-electron chi connectivity index (χ0n) is 16.5. The molecule has 0 unspecified atom stereocenters. The van der Waals surface area contributed by atoms with Gasteiger partial charge in [0.1, 0.15) is 5.56 Å². The number of hydrogen-bond donors (Lipinski definition) is 3. The third-order valence-corrected chi connectivity index (χ3v) is 4.96. The molecule has 0 aliphatic heterocycles. The number of halogens is 3. The first-order valence-corrected chi connectivity index (χ1v) is 9.56. The van der Waals surface area contributed by atoms with E-state index in [-0.39, 0.29) is 17.8 Å². The number of para-hydroxylation sites is 1. The van der Waals surface area contributed by atoms with Gasteiger partial charge in [-0.25, -0.2) is 9.36 Å². The lowest BCUT2D eigenvalue weighted by atomic mass is 10.1. The van der Waals surface area contributed by atoms with E-state index < -0.39 is 28.9 Å². The van der Waals surface area contributed by atoms with Crippen LogP contribution in [0.25, 0.3) is 16.6 Å². The minimum atomic E-state index is -4.63. The van der Waals surface area contributed by atoms with Crippen molar-refractivity contribution in [2.75, 3.05) is 6.54 Å². The molecule has 0 saturated carbocycles. The fourth-order valence-corrected chi connectivity index (χ4v) is 3.40. The molecule has 4 aromatic rings. The van der Waals surface area contributed by atoms with Gasteiger partial charge in [0, 0.05) is 29.9 Å². The van der Waals surface area contributed by atoms with Crippen LogP contribution in [0.15, 0.2) is 69.3 Å². The summed E-state index contributed by atoms with van der Waals surface area (Å²) in [4.78, 5) is 33.7. The van der Waals surface area contributed by atoms with Gasteiger partial charge in [-0.05, 0) is 36.2 Å². The first kappa shape index (κ1) is 21.2. The van der Waals surface area contributed by atoms with E-state index in [1.54, 1.807) is 0 Å². The highest BCUT2D eigenvalue weighted by atomic mass is 19.4. The summed E-state index contributed by atoms with van der Waals surface area (Å²) in [5.41, 5.74) is -1.54. The number of aliphatic imine (C=N–C) groups is 1. The molecule has 0 atom stereocenters. The second kappa shape index (κ2) is 8.22. The number of aromatic amines is 2. The van der Waals surface area contributed by atoms with Gasteiger partial charge in [0.15, 0.2) is 0 Å². The van der Waals surface area contributed by atoms with Crippen LogP contribution in [0.2, 0.25) is 0 Å². The molecule has 0 bridgehead atoms. The minimum Gasteiger partial charge on any atom is -0.493 e. The van der Waals surface area contributed by atoms with Gasteiger partial charge >= 0.3 is 11.9 Å². The summed E-state index contributed by atoms with van der Waals surface area (Å²) in [7, 11) is 0. The Kier molecular flexibility index (Phi) is 5.43. The maximum absolute atomic E-state index is 13.0. The number of aromatic hydroxyl groups is 1. The Morgan fingerprint density at radius 2 is 1.88 bits per heavy atom. The molecule has 0 aliphatic carbocycles. The van der Waals surface area contributed by atoms with Gasteiger partial charge in [0.05, 0.1) is 11.3 Å². The van der Waals surface area contributed by atoms with Crippen molar-refractivity contribution in [2.24, 2.45) is 4.99 Å². The predicted molar refractivity (Wildman–Crippen MR) is 114 cm³/mol. The second-order valence-electron chi connectivity index (χ2n) is 7.02. The molecule has 32 heavy (non-hydrogen) atoms. The zero-order chi connectivity index (χ0) is 22.9. The van der Waals surface area contributed by atoms with Gasteiger partial charge in [0.2, 0.25) is 5.88 Å². The molecule has 0 spiro atoms. The number of nitrogens with zero attached hydrogens (tertiary/aromatic N) is 2. The number of benzene rings is 2. The largest absolute Gasteiger partial charge is 0.493 e. The molecule has 2 aromatic heterocycles. The SMILES string of the molecule is O=c1[nH]c(=O)n(-c2cccc(C(F)(F)F)c2)c(O)c1C=NCCc1c[nH]c2ccccc12. The van der Waals surface area contributed by atoms with Gasteiger partial charge in [-0.2, -0.15) is 13.2 Å². The Balaban J connectivity index is 1.63. The zero-order valence-corrected chi connectivity index (χ0v) is 16.5. The van der Waals surface area contributed by atoms with Crippen molar-refractivity contribution in [3.05, 3.63) is 92.3 Å². The van der Waals surface area contributed by atoms with E-state index in [0.29, 0.717) is 17.1 Å². The Morgan fingerprint density at radius 3 is 2.66 bits per heavy atom. The highest BCUT2D eigenvalue weighted by molar-refractivity contribution is 5.83. The minimum absolute atomic E-state index is 0.244. The van der Waals surface area contributed by atoms with E-state index in [2.05, 4.69) is 9.98 Å². The molecule has 2 heterocycles. The number of nitrogens with one attached hydrogen (secondary N) is 2. The van der Waals surface area contributed by atoms with Crippen LogP contribution in [0.4, 0.5) is 13.2 Å². The number of alkyl halides is 3. The van der Waals surface area contributed by atoms with Crippen molar-refractivity contribution in [3.8, 4) is 11.6 Å². The average molecular weight is 442 g/mol. The molecule has 10 heteroatoms. The molecule has 0 amide bonds. The molecule has 7 nitrogen and oxygen atoms in total. The smallest absolute Gasteiger partial charge is 0.416 e. The summed E-state index contributed by atoms with van der Waals surface area (Å²) in [5.74, 6) is -0.797. The van der Waals surface area contributed by atoms with Crippen molar-refractivity contribution in [1.82, 2.24) is 14.5 Å².